The van der Waals surface area contributed by atoms with Crippen LogP contribution in [-0.4, -0.2) is 37.6 Å². The molecule has 1 aliphatic rings. The van der Waals surface area contributed by atoms with Gasteiger partial charge in [0.05, 0.1) is 6.54 Å². The maximum Gasteiger partial charge on any atom is 0.225 e. The van der Waals surface area contributed by atoms with E-state index in [-0.39, 0.29) is 23.7 Å². The van der Waals surface area contributed by atoms with Gasteiger partial charge >= 0.3 is 0 Å². The second-order valence-corrected chi connectivity index (χ2v) is 7.02. The second-order valence-electron chi connectivity index (χ2n) is 7.02. The van der Waals surface area contributed by atoms with Crippen LogP contribution >= 0.6 is 0 Å². The Balaban J connectivity index is 1.59. The maximum atomic E-state index is 13.3. The first kappa shape index (κ1) is 20.6. The number of rotatable bonds is 7. The number of benzene rings is 2. The topological polar surface area (TPSA) is 74.8 Å². The molecule has 0 aliphatic carbocycles. The molecule has 154 valence electrons. The lowest BCUT2D eigenvalue weighted by molar-refractivity contribution is -0.116. The first-order valence-electron chi connectivity index (χ1n) is 9.88. The van der Waals surface area contributed by atoms with Crippen molar-refractivity contribution >= 4 is 17.6 Å². The number of aliphatic imine (C=N–C) groups is 1. The molecule has 1 aliphatic heterocycles. The predicted octanol–water partition coefficient (Wildman–Crippen LogP) is 3.27. The summed E-state index contributed by atoms with van der Waals surface area (Å²) in [5, 5.41) is 9.45. The van der Waals surface area contributed by atoms with E-state index in [0.29, 0.717) is 37.8 Å². The van der Waals surface area contributed by atoms with Crippen molar-refractivity contribution in [3.05, 3.63) is 59.9 Å². The zero-order chi connectivity index (χ0) is 20.6. The summed E-state index contributed by atoms with van der Waals surface area (Å²) in [7, 11) is 0. The Morgan fingerprint density at radius 2 is 2.10 bits per heavy atom. The number of nitrogens with zero attached hydrogens (tertiary/aromatic N) is 1. The standard InChI is InChI=1S/C22H27FN4O2/c1-3-24-22(25-13-15(2)29-18-8-6-7-17(23)12-18)26-14-16-11-21(28)27-20-10-5-4-9-19(16)20/h4-10,12,15-16H,3,11,13-14H2,1-2H3,(H,27,28)(H2,24,25,26). The molecule has 3 rings (SSSR count). The Morgan fingerprint density at radius 1 is 1.28 bits per heavy atom. The van der Waals surface area contributed by atoms with Gasteiger partial charge in [0, 0.05) is 37.2 Å². The third kappa shape index (κ3) is 5.94. The molecule has 1 heterocycles. The van der Waals surface area contributed by atoms with Crippen molar-refractivity contribution < 1.29 is 13.9 Å². The van der Waals surface area contributed by atoms with Crippen molar-refractivity contribution in [2.45, 2.75) is 32.3 Å². The average Bonchev–Trinajstić information content (AvgIpc) is 2.69. The summed E-state index contributed by atoms with van der Waals surface area (Å²) in [4.78, 5) is 16.6. The second kappa shape index (κ2) is 9.91. The van der Waals surface area contributed by atoms with Crippen molar-refractivity contribution in [3.8, 4) is 5.75 Å². The Hall–Kier alpha value is -3.09. The highest BCUT2D eigenvalue weighted by Gasteiger charge is 2.24. The molecule has 3 N–H and O–H groups in total. The number of nitrogens with one attached hydrogen (secondary N) is 3. The van der Waals surface area contributed by atoms with E-state index in [0.717, 1.165) is 11.3 Å². The summed E-state index contributed by atoms with van der Waals surface area (Å²) in [6.07, 6.45) is 0.219. The molecule has 2 unspecified atom stereocenters. The SMILES string of the molecule is CCNC(=NCC(C)Oc1cccc(F)c1)NCC1CC(=O)Nc2ccccc21. The highest BCUT2D eigenvalue weighted by atomic mass is 19.1. The zero-order valence-corrected chi connectivity index (χ0v) is 16.7. The van der Waals surface area contributed by atoms with Gasteiger partial charge in [-0.15, -0.1) is 0 Å². The zero-order valence-electron chi connectivity index (χ0n) is 16.7. The minimum absolute atomic E-state index is 0.0227. The Labute approximate surface area is 170 Å². The van der Waals surface area contributed by atoms with Crippen LogP contribution in [0.3, 0.4) is 0 Å². The van der Waals surface area contributed by atoms with E-state index in [1.807, 2.05) is 38.1 Å². The van der Waals surface area contributed by atoms with E-state index in [1.165, 1.54) is 12.1 Å². The van der Waals surface area contributed by atoms with Crippen LogP contribution in [0.15, 0.2) is 53.5 Å². The fourth-order valence-corrected chi connectivity index (χ4v) is 3.28. The molecule has 7 heteroatoms. The number of fused-ring (bicyclic) bond motifs is 1. The summed E-state index contributed by atoms with van der Waals surface area (Å²) in [5.41, 5.74) is 1.99. The molecular weight excluding hydrogens is 371 g/mol. The highest BCUT2D eigenvalue weighted by Crippen LogP contribution is 2.31. The monoisotopic (exact) mass is 398 g/mol. The van der Waals surface area contributed by atoms with E-state index in [4.69, 9.17) is 4.74 Å². The third-order valence-electron chi connectivity index (χ3n) is 4.61. The molecule has 2 atom stereocenters. The lowest BCUT2D eigenvalue weighted by Crippen LogP contribution is -2.41. The van der Waals surface area contributed by atoms with Gasteiger partial charge in [0.2, 0.25) is 5.91 Å². The molecule has 2 aromatic rings. The fourth-order valence-electron chi connectivity index (χ4n) is 3.28. The molecule has 0 radical (unpaired) electrons. The predicted molar refractivity (Wildman–Crippen MR) is 113 cm³/mol. The summed E-state index contributed by atoms with van der Waals surface area (Å²) in [5.74, 6) is 0.908. The van der Waals surface area contributed by atoms with Crippen molar-refractivity contribution in [2.75, 3.05) is 25.0 Å². The van der Waals surface area contributed by atoms with Crippen LogP contribution in [0.1, 0.15) is 31.7 Å². The van der Waals surface area contributed by atoms with Crippen LogP contribution in [0.4, 0.5) is 10.1 Å². The van der Waals surface area contributed by atoms with Gasteiger partial charge in [0.15, 0.2) is 5.96 Å². The number of hydrogen-bond acceptors (Lipinski definition) is 3. The van der Waals surface area contributed by atoms with Gasteiger partial charge in [0.25, 0.3) is 0 Å². The smallest absolute Gasteiger partial charge is 0.225 e. The summed E-state index contributed by atoms with van der Waals surface area (Å²) >= 11 is 0. The number of carbonyl (C=O) groups excluding carboxylic acids is 1. The Bertz CT molecular complexity index is 871. The van der Waals surface area contributed by atoms with Gasteiger partial charge in [-0.1, -0.05) is 24.3 Å². The van der Waals surface area contributed by atoms with E-state index in [1.54, 1.807) is 12.1 Å². The van der Waals surface area contributed by atoms with Crippen LogP contribution in [0.25, 0.3) is 0 Å². The van der Waals surface area contributed by atoms with Gasteiger partial charge in [-0.25, -0.2) is 9.38 Å². The van der Waals surface area contributed by atoms with Crippen molar-refractivity contribution in [2.24, 2.45) is 4.99 Å². The molecule has 0 saturated carbocycles. The van der Waals surface area contributed by atoms with Crippen LogP contribution < -0.4 is 20.7 Å². The third-order valence-corrected chi connectivity index (χ3v) is 4.61. The Kier molecular flexibility index (Phi) is 7.05. The largest absolute Gasteiger partial charge is 0.489 e. The number of para-hydroxylation sites is 1. The molecule has 1 amide bonds. The van der Waals surface area contributed by atoms with Gasteiger partial charge in [-0.05, 0) is 37.6 Å². The maximum absolute atomic E-state index is 13.3. The number of anilines is 1. The van der Waals surface area contributed by atoms with Crippen LogP contribution in [0.5, 0.6) is 5.75 Å². The van der Waals surface area contributed by atoms with Gasteiger partial charge < -0.3 is 20.7 Å². The van der Waals surface area contributed by atoms with Crippen LogP contribution in [0.2, 0.25) is 0 Å². The Morgan fingerprint density at radius 3 is 2.90 bits per heavy atom. The molecule has 0 aromatic heterocycles. The van der Waals surface area contributed by atoms with E-state index >= 15 is 0 Å². The number of ether oxygens (including phenoxy) is 1. The summed E-state index contributed by atoms with van der Waals surface area (Å²) in [6.45, 7) is 5.60. The molecule has 6 nitrogen and oxygen atoms in total. The van der Waals surface area contributed by atoms with E-state index in [2.05, 4.69) is 20.9 Å². The molecule has 0 saturated heterocycles. The van der Waals surface area contributed by atoms with Crippen LogP contribution in [0, 0.1) is 5.82 Å². The summed E-state index contributed by atoms with van der Waals surface area (Å²) < 4.78 is 19.0. The molecule has 29 heavy (non-hydrogen) atoms. The minimum atomic E-state index is -0.329. The average molecular weight is 398 g/mol. The van der Waals surface area contributed by atoms with E-state index in [9.17, 15) is 9.18 Å². The number of amides is 1. The molecule has 0 spiro atoms. The fraction of sp³-hybridized carbons (Fsp3) is 0.364. The normalized spacial score (nSPS) is 17.1. The van der Waals surface area contributed by atoms with Crippen molar-refractivity contribution in [1.82, 2.24) is 10.6 Å². The quantitative estimate of drug-likeness (QED) is 0.494. The lowest BCUT2D eigenvalue weighted by atomic mass is 9.90. The number of carbonyl (C=O) groups is 1. The molecule has 0 fully saturated rings. The number of guanidine groups is 1. The lowest BCUT2D eigenvalue weighted by Gasteiger charge is -2.26. The van der Waals surface area contributed by atoms with Gasteiger partial charge in [-0.2, -0.15) is 0 Å². The molecule has 0 bridgehead atoms. The van der Waals surface area contributed by atoms with Gasteiger partial charge in [0.1, 0.15) is 17.7 Å². The number of hydrogen-bond donors (Lipinski definition) is 3. The molecule has 2 aromatic carbocycles. The van der Waals surface area contributed by atoms with Crippen molar-refractivity contribution in [3.63, 3.8) is 0 Å². The minimum Gasteiger partial charge on any atom is -0.489 e. The summed E-state index contributed by atoms with van der Waals surface area (Å²) in [6, 6.07) is 13.9. The highest BCUT2D eigenvalue weighted by molar-refractivity contribution is 5.94. The van der Waals surface area contributed by atoms with Crippen molar-refractivity contribution in [1.29, 1.82) is 0 Å². The first-order chi connectivity index (χ1) is 14.0. The van der Waals surface area contributed by atoms with Gasteiger partial charge in [-0.3, -0.25) is 4.79 Å². The first-order valence-corrected chi connectivity index (χ1v) is 9.88. The van der Waals surface area contributed by atoms with E-state index < -0.39 is 0 Å². The number of halogens is 1. The van der Waals surface area contributed by atoms with Crippen LogP contribution in [-0.2, 0) is 4.79 Å². The molecular formula is C22H27FN4O2.